The summed E-state index contributed by atoms with van der Waals surface area (Å²) < 4.78 is 48.2. The van der Waals surface area contributed by atoms with Crippen molar-refractivity contribution in [3.8, 4) is 5.75 Å². The number of rotatable bonds is 7. The Balaban J connectivity index is 1.64. The van der Waals surface area contributed by atoms with Gasteiger partial charge in [0.2, 0.25) is 0 Å². The first-order valence-corrected chi connectivity index (χ1v) is 10.7. The number of carboxylic acids is 1. The van der Waals surface area contributed by atoms with Crippen molar-refractivity contribution in [2.75, 3.05) is 26.2 Å². The fraction of sp³-hybridized carbons (Fsp3) is 0.636. The van der Waals surface area contributed by atoms with Crippen molar-refractivity contribution in [2.24, 2.45) is 0 Å². The van der Waals surface area contributed by atoms with Gasteiger partial charge in [-0.25, -0.2) is 9.59 Å². The molecule has 178 valence electrons. The fourth-order valence-electron chi connectivity index (χ4n) is 3.43. The first kappa shape index (κ1) is 24.2. The zero-order valence-corrected chi connectivity index (χ0v) is 18.4. The van der Waals surface area contributed by atoms with Crippen molar-refractivity contribution in [3.05, 3.63) is 29.3 Å². The molecule has 10 heteroatoms. The number of nitrogens with zero attached hydrogens (tertiary/aromatic N) is 2. The molecule has 1 amide bonds. The Morgan fingerprint density at radius 2 is 1.78 bits per heavy atom. The molecule has 1 saturated heterocycles. The van der Waals surface area contributed by atoms with E-state index in [1.165, 1.54) is 24.3 Å². The average Bonchev–Trinajstić information content (AvgIpc) is 3.54. The lowest BCUT2D eigenvalue weighted by atomic mass is 10.0. The zero-order valence-electron chi connectivity index (χ0n) is 18.4. The summed E-state index contributed by atoms with van der Waals surface area (Å²) in [6.07, 6.45) is -5.48. The summed E-state index contributed by atoms with van der Waals surface area (Å²) in [5, 5.41) is 9.41. The molecular formula is C22H29F3N2O5. The Kier molecular flexibility index (Phi) is 6.92. The summed E-state index contributed by atoms with van der Waals surface area (Å²) in [5.74, 6) is -0.0740. The number of hydrogen-bond donors (Lipinski definition) is 1. The van der Waals surface area contributed by atoms with Crippen LogP contribution in [0.4, 0.5) is 18.0 Å². The van der Waals surface area contributed by atoms with Crippen LogP contribution in [0, 0.1) is 0 Å². The summed E-state index contributed by atoms with van der Waals surface area (Å²) >= 11 is 0. The van der Waals surface area contributed by atoms with Gasteiger partial charge < -0.3 is 19.5 Å². The molecule has 3 rings (SSSR count). The lowest BCUT2D eigenvalue weighted by Crippen LogP contribution is -2.49. The molecule has 0 spiro atoms. The van der Waals surface area contributed by atoms with Crippen LogP contribution in [-0.2, 0) is 16.1 Å². The first-order chi connectivity index (χ1) is 14.9. The number of hydrogen-bond acceptors (Lipinski definition) is 5. The van der Waals surface area contributed by atoms with Crippen LogP contribution < -0.4 is 4.74 Å². The Morgan fingerprint density at radius 1 is 1.16 bits per heavy atom. The molecule has 1 heterocycles. The molecule has 0 radical (unpaired) electrons. The molecule has 1 aliphatic carbocycles. The van der Waals surface area contributed by atoms with Gasteiger partial charge in [-0.3, -0.25) is 4.90 Å². The molecule has 0 bridgehead atoms. The minimum atomic E-state index is -4.59. The largest absolute Gasteiger partial charge is 0.478 e. The minimum absolute atomic E-state index is 0.239. The van der Waals surface area contributed by atoms with Gasteiger partial charge in [-0.1, -0.05) is 12.1 Å². The van der Waals surface area contributed by atoms with Crippen LogP contribution in [0.5, 0.6) is 5.75 Å². The molecule has 1 unspecified atom stereocenters. The van der Waals surface area contributed by atoms with Gasteiger partial charge in [-0.15, -0.1) is 0 Å². The SMILES string of the molecule is CC(OC(=O)N1CCN(Cc2cc(C3CC3)ccc2OC(C)(C)C(=O)O)CC1)C(F)(F)F. The Morgan fingerprint density at radius 3 is 2.31 bits per heavy atom. The highest BCUT2D eigenvalue weighted by molar-refractivity contribution is 5.76. The molecule has 2 fully saturated rings. The lowest BCUT2D eigenvalue weighted by Gasteiger charge is -2.35. The molecular weight excluding hydrogens is 429 g/mol. The van der Waals surface area contributed by atoms with Crippen molar-refractivity contribution in [1.82, 2.24) is 9.80 Å². The number of halogens is 3. The monoisotopic (exact) mass is 458 g/mol. The van der Waals surface area contributed by atoms with E-state index in [-0.39, 0.29) is 13.1 Å². The normalized spacial score (nSPS) is 18.9. The van der Waals surface area contributed by atoms with E-state index in [9.17, 15) is 27.9 Å². The highest BCUT2D eigenvalue weighted by atomic mass is 19.4. The number of ether oxygens (including phenoxy) is 2. The maximum atomic E-state index is 12.6. The second-order valence-electron chi connectivity index (χ2n) is 8.89. The second-order valence-corrected chi connectivity index (χ2v) is 8.89. The van der Waals surface area contributed by atoms with Crippen molar-refractivity contribution in [1.29, 1.82) is 0 Å². The number of benzene rings is 1. The lowest BCUT2D eigenvalue weighted by molar-refractivity contribution is -0.200. The van der Waals surface area contributed by atoms with Crippen LogP contribution in [-0.4, -0.2) is 71.0 Å². The maximum absolute atomic E-state index is 12.6. The van der Waals surface area contributed by atoms with Gasteiger partial charge in [0.05, 0.1) is 0 Å². The molecule has 1 aromatic rings. The van der Waals surface area contributed by atoms with E-state index in [4.69, 9.17) is 4.74 Å². The van der Waals surface area contributed by atoms with Crippen molar-refractivity contribution < 1.29 is 37.3 Å². The number of piperazine rings is 1. The van der Waals surface area contributed by atoms with Crippen molar-refractivity contribution >= 4 is 12.1 Å². The van der Waals surface area contributed by atoms with Crippen LogP contribution in [0.2, 0.25) is 0 Å². The molecule has 1 atom stereocenters. The number of carbonyl (C=O) groups is 2. The summed E-state index contributed by atoms with van der Waals surface area (Å²) in [6, 6.07) is 5.81. The smallest absolute Gasteiger partial charge is 0.425 e. The molecule has 1 aromatic carbocycles. The Hall–Kier alpha value is -2.49. The molecule has 1 aliphatic heterocycles. The fourth-order valence-corrected chi connectivity index (χ4v) is 3.43. The number of aliphatic carboxylic acids is 1. The van der Waals surface area contributed by atoms with E-state index in [2.05, 4.69) is 9.64 Å². The summed E-state index contributed by atoms with van der Waals surface area (Å²) in [6.45, 7) is 5.63. The molecule has 1 saturated carbocycles. The highest BCUT2D eigenvalue weighted by Gasteiger charge is 2.40. The Bertz CT molecular complexity index is 846. The van der Waals surface area contributed by atoms with Gasteiger partial charge >= 0.3 is 18.2 Å². The quantitative estimate of drug-likeness (QED) is 0.665. The third-order valence-electron chi connectivity index (χ3n) is 5.78. The summed E-state index contributed by atoms with van der Waals surface area (Å²) in [4.78, 5) is 26.9. The third kappa shape index (κ3) is 6.05. The van der Waals surface area contributed by atoms with Gasteiger partial charge in [-0.2, -0.15) is 13.2 Å². The topological polar surface area (TPSA) is 79.3 Å². The van der Waals surface area contributed by atoms with E-state index in [0.717, 1.165) is 25.3 Å². The number of carboxylic acid groups (broad SMARTS) is 1. The predicted octanol–water partition coefficient (Wildman–Crippen LogP) is 4.01. The summed E-state index contributed by atoms with van der Waals surface area (Å²) in [7, 11) is 0. The summed E-state index contributed by atoms with van der Waals surface area (Å²) in [5.41, 5.74) is 0.641. The Labute approximate surface area is 185 Å². The minimum Gasteiger partial charge on any atom is -0.478 e. The molecule has 0 aromatic heterocycles. The number of carbonyl (C=O) groups excluding carboxylic acids is 1. The molecule has 1 N–H and O–H groups in total. The van der Waals surface area contributed by atoms with Crippen molar-refractivity contribution in [2.45, 2.75) is 64.0 Å². The molecule has 32 heavy (non-hydrogen) atoms. The van der Waals surface area contributed by atoms with Crippen LogP contribution in [0.3, 0.4) is 0 Å². The van der Waals surface area contributed by atoms with Gasteiger partial charge in [0.1, 0.15) is 5.75 Å². The standard InChI is InChI=1S/C22H29F3N2O5/c1-14(22(23,24)25)31-20(30)27-10-8-26(9-11-27)13-17-12-16(15-4-5-15)6-7-18(17)32-21(2,3)19(28)29/h6-7,12,14-15H,4-5,8-11,13H2,1-3H3,(H,28,29). The van der Waals surface area contributed by atoms with E-state index >= 15 is 0 Å². The number of amides is 1. The zero-order chi connectivity index (χ0) is 23.7. The van der Waals surface area contributed by atoms with E-state index in [0.29, 0.717) is 31.3 Å². The van der Waals surface area contributed by atoms with Gasteiger partial charge in [0, 0.05) is 38.3 Å². The van der Waals surface area contributed by atoms with Crippen LogP contribution in [0.1, 0.15) is 50.7 Å². The van der Waals surface area contributed by atoms with Gasteiger partial charge in [-0.05, 0) is 51.2 Å². The highest BCUT2D eigenvalue weighted by Crippen LogP contribution is 2.42. The predicted molar refractivity (Wildman–Crippen MR) is 110 cm³/mol. The number of alkyl halides is 3. The molecule has 2 aliphatic rings. The van der Waals surface area contributed by atoms with E-state index in [1.807, 2.05) is 12.1 Å². The van der Waals surface area contributed by atoms with Crippen molar-refractivity contribution in [3.63, 3.8) is 0 Å². The first-order valence-electron chi connectivity index (χ1n) is 10.7. The van der Waals surface area contributed by atoms with Crippen LogP contribution >= 0.6 is 0 Å². The maximum Gasteiger partial charge on any atom is 0.425 e. The van der Waals surface area contributed by atoms with Gasteiger partial charge in [0.25, 0.3) is 0 Å². The average molecular weight is 458 g/mol. The van der Waals surface area contributed by atoms with Gasteiger partial charge in [0.15, 0.2) is 11.7 Å². The molecule has 7 nitrogen and oxygen atoms in total. The van der Waals surface area contributed by atoms with E-state index in [1.54, 1.807) is 6.07 Å². The second kappa shape index (κ2) is 9.17. The van der Waals surface area contributed by atoms with Crippen LogP contribution in [0.25, 0.3) is 0 Å². The van der Waals surface area contributed by atoms with Crippen LogP contribution in [0.15, 0.2) is 18.2 Å². The van der Waals surface area contributed by atoms with E-state index < -0.39 is 29.9 Å². The third-order valence-corrected chi connectivity index (χ3v) is 5.78.